The average molecular weight is 262 g/mol. The van der Waals surface area contributed by atoms with Crippen molar-refractivity contribution in [2.24, 2.45) is 5.92 Å². The molecule has 0 aromatic heterocycles. The molecule has 4 nitrogen and oxygen atoms in total. The second kappa shape index (κ2) is 6.57. The lowest BCUT2D eigenvalue weighted by Gasteiger charge is -2.29. The first kappa shape index (κ1) is 13.9. The van der Waals surface area contributed by atoms with Gasteiger partial charge in [0, 0.05) is 18.7 Å². The van der Waals surface area contributed by atoms with Gasteiger partial charge in [-0.15, -0.1) is 0 Å². The van der Waals surface area contributed by atoms with Gasteiger partial charge in [-0.25, -0.2) is 0 Å². The number of nitrogens with zero attached hydrogens (tertiary/aromatic N) is 1. The Kier molecular flexibility index (Phi) is 4.80. The molecule has 1 saturated heterocycles. The minimum Gasteiger partial charge on any atom is -0.508 e. The number of hydrogen-bond acceptors (Lipinski definition) is 3. The summed E-state index contributed by atoms with van der Waals surface area (Å²) in [5.41, 5.74) is 0.642. The standard InChI is InChI=1S/C15H22N2O2/c1-2-17(11-12-4-3-9-16-10-12)15(19)13-5-7-14(18)8-6-13/h5-8,12,16,18H,2-4,9-11H2,1H3. The molecule has 1 unspecified atom stereocenters. The van der Waals surface area contributed by atoms with E-state index in [4.69, 9.17) is 0 Å². The molecule has 1 atom stereocenters. The van der Waals surface area contributed by atoms with Gasteiger partial charge in [0.05, 0.1) is 0 Å². The smallest absolute Gasteiger partial charge is 0.253 e. The first-order chi connectivity index (χ1) is 9.20. The average Bonchev–Trinajstić information content (AvgIpc) is 2.46. The van der Waals surface area contributed by atoms with Crippen LogP contribution in [0.4, 0.5) is 0 Å². The summed E-state index contributed by atoms with van der Waals surface area (Å²) in [6.45, 7) is 5.63. The molecule has 19 heavy (non-hydrogen) atoms. The largest absolute Gasteiger partial charge is 0.508 e. The molecule has 4 heteroatoms. The van der Waals surface area contributed by atoms with E-state index in [9.17, 15) is 9.90 Å². The predicted octanol–water partition coefficient (Wildman–Crippen LogP) is 1.85. The molecule has 1 aromatic carbocycles. The van der Waals surface area contributed by atoms with E-state index in [1.807, 2.05) is 11.8 Å². The van der Waals surface area contributed by atoms with Crippen LogP contribution in [0.2, 0.25) is 0 Å². The van der Waals surface area contributed by atoms with E-state index in [1.165, 1.54) is 12.8 Å². The first-order valence-electron chi connectivity index (χ1n) is 6.99. The highest BCUT2D eigenvalue weighted by Gasteiger charge is 2.20. The van der Waals surface area contributed by atoms with Crippen molar-refractivity contribution in [1.29, 1.82) is 0 Å². The molecule has 0 radical (unpaired) electrons. The van der Waals surface area contributed by atoms with E-state index < -0.39 is 0 Å². The number of piperidine rings is 1. The first-order valence-corrected chi connectivity index (χ1v) is 6.99. The van der Waals surface area contributed by atoms with Crippen molar-refractivity contribution in [2.45, 2.75) is 19.8 Å². The Morgan fingerprint density at radius 2 is 2.16 bits per heavy atom. The normalized spacial score (nSPS) is 19.1. The SMILES string of the molecule is CCN(CC1CCCNC1)C(=O)c1ccc(O)cc1. The van der Waals surface area contributed by atoms with E-state index in [1.54, 1.807) is 24.3 Å². The van der Waals surface area contributed by atoms with Crippen LogP contribution >= 0.6 is 0 Å². The van der Waals surface area contributed by atoms with Crippen LogP contribution in [-0.2, 0) is 0 Å². The van der Waals surface area contributed by atoms with Gasteiger partial charge in [0.15, 0.2) is 0 Å². The monoisotopic (exact) mass is 262 g/mol. The van der Waals surface area contributed by atoms with E-state index in [0.717, 1.165) is 26.2 Å². The second-order valence-corrected chi connectivity index (χ2v) is 5.10. The van der Waals surface area contributed by atoms with Gasteiger partial charge in [0.1, 0.15) is 5.75 Å². The van der Waals surface area contributed by atoms with Crippen LogP contribution < -0.4 is 5.32 Å². The number of nitrogens with one attached hydrogen (secondary N) is 1. The number of hydrogen-bond donors (Lipinski definition) is 2. The summed E-state index contributed by atoms with van der Waals surface area (Å²) in [4.78, 5) is 14.3. The van der Waals surface area contributed by atoms with Crippen molar-refractivity contribution in [3.05, 3.63) is 29.8 Å². The molecular weight excluding hydrogens is 240 g/mol. The number of benzene rings is 1. The topological polar surface area (TPSA) is 52.6 Å². The maximum Gasteiger partial charge on any atom is 0.253 e. The number of phenolic OH excluding ortho intramolecular Hbond substituents is 1. The van der Waals surface area contributed by atoms with Gasteiger partial charge >= 0.3 is 0 Å². The van der Waals surface area contributed by atoms with Gasteiger partial charge < -0.3 is 15.3 Å². The van der Waals surface area contributed by atoms with Gasteiger partial charge in [-0.05, 0) is 63.0 Å². The Bertz CT molecular complexity index is 411. The van der Waals surface area contributed by atoms with Crippen molar-refractivity contribution in [2.75, 3.05) is 26.2 Å². The number of carbonyl (C=O) groups is 1. The molecule has 1 heterocycles. The Morgan fingerprint density at radius 3 is 2.74 bits per heavy atom. The van der Waals surface area contributed by atoms with Crippen LogP contribution in [0, 0.1) is 5.92 Å². The summed E-state index contributed by atoms with van der Waals surface area (Å²) in [7, 11) is 0. The quantitative estimate of drug-likeness (QED) is 0.870. The summed E-state index contributed by atoms with van der Waals surface area (Å²) < 4.78 is 0. The highest BCUT2D eigenvalue weighted by molar-refractivity contribution is 5.94. The third kappa shape index (κ3) is 3.70. The molecule has 1 aliphatic rings. The van der Waals surface area contributed by atoms with Gasteiger partial charge in [-0.3, -0.25) is 4.79 Å². The summed E-state index contributed by atoms with van der Waals surface area (Å²) in [5.74, 6) is 0.791. The molecule has 0 aliphatic carbocycles. The predicted molar refractivity (Wildman–Crippen MR) is 75.3 cm³/mol. The molecular formula is C15H22N2O2. The third-order valence-electron chi connectivity index (χ3n) is 3.66. The van der Waals surface area contributed by atoms with Crippen LogP contribution in [0.15, 0.2) is 24.3 Å². The van der Waals surface area contributed by atoms with Crippen LogP contribution in [0.3, 0.4) is 0 Å². The van der Waals surface area contributed by atoms with Gasteiger partial charge in [-0.2, -0.15) is 0 Å². The van der Waals surface area contributed by atoms with Crippen molar-refractivity contribution < 1.29 is 9.90 Å². The van der Waals surface area contributed by atoms with Crippen molar-refractivity contribution in [3.63, 3.8) is 0 Å². The molecule has 1 fully saturated rings. The molecule has 1 aliphatic heterocycles. The molecule has 0 bridgehead atoms. The van der Waals surface area contributed by atoms with Gasteiger partial charge in [0.25, 0.3) is 5.91 Å². The van der Waals surface area contributed by atoms with Crippen molar-refractivity contribution in [3.8, 4) is 5.75 Å². The van der Waals surface area contributed by atoms with E-state index >= 15 is 0 Å². The molecule has 2 rings (SSSR count). The maximum absolute atomic E-state index is 12.4. The summed E-state index contributed by atoms with van der Waals surface area (Å²) in [6, 6.07) is 6.48. The van der Waals surface area contributed by atoms with Crippen LogP contribution in [0.5, 0.6) is 5.75 Å². The molecule has 104 valence electrons. The molecule has 0 spiro atoms. The number of rotatable bonds is 4. The fourth-order valence-electron chi connectivity index (χ4n) is 2.53. The Hall–Kier alpha value is -1.55. The van der Waals surface area contributed by atoms with E-state index in [0.29, 0.717) is 11.5 Å². The summed E-state index contributed by atoms with van der Waals surface area (Å²) in [6.07, 6.45) is 2.38. The van der Waals surface area contributed by atoms with E-state index in [-0.39, 0.29) is 11.7 Å². The number of amides is 1. The molecule has 0 saturated carbocycles. The Morgan fingerprint density at radius 1 is 1.42 bits per heavy atom. The fourth-order valence-corrected chi connectivity index (χ4v) is 2.53. The Labute approximate surface area is 114 Å². The van der Waals surface area contributed by atoms with Crippen LogP contribution in [0.1, 0.15) is 30.1 Å². The highest BCUT2D eigenvalue weighted by Crippen LogP contribution is 2.15. The number of phenols is 1. The van der Waals surface area contributed by atoms with Gasteiger partial charge in [-0.1, -0.05) is 0 Å². The lowest BCUT2D eigenvalue weighted by molar-refractivity contribution is 0.0729. The van der Waals surface area contributed by atoms with Crippen molar-refractivity contribution in [1.82, 2.24) is 10.2 Å². The lowest BCUT2D eigenvalue weighted by atomic mass is 9.98. The number of aromatic hydroxyl groups is 1. The van der Waals surface area contributed by atoms with Crippen LogP contribution in [-0.4, -0.2) is 42.1 Å². The molecule has 2 N–H and O–H groups in total. The minimum atomic E-state index is 0.0491. The van der Waals surface area contributed by atoms with Gasteiger partial charge in [0.2, 0.25) is 0 Å². The molecule has 1 aromatic rings. The van der Waals surface area contributed by atoms with E-state index in [2.05, 4.69) is 5.32 Å². The zero-order valence-electron chi connectivity index (χ0n) is 11.4. The van der Waals surface area contributed by atoms with Crippen LogP contribution in [0.25, 0.3) is 0 Å². The lowest BCUT2D eigenvalue weighted by Crippen LogP contribution is -2.41. The highest BCUT2D eigenvalue weighted by atomic mass is 16.3. The molecule has 1 amide bonds. The second-order valence-electron chi connectivity index (χ2n) is 5.10. The zero-order valence-corrected chi connectivity index (χ0v) is 11.4. The third-order valence-corrected chi connectivity index (χ3v) is 3.66. The summed E-state index contributed by atoms with van der Waals surface area (Å²) >= 11 is 0. The maximum atomic E-state index is 12.4. The zero-order chi connectivity index (χ0) is 13.7. The summed E-state index contributed by atoms with van der Waals surface area (Å²) in [5, 5.41) is 12.6. The Balaban J connectivity index is 1.99. The minimum absolute atomic E-state index is 0.0491. The van der Waals surface area contributed by atoms with Crippen molar-refractivity contribution >= 4 is 5.91 Å². The number of carbonyl (C=O) groups excluding carboxylic acids is 1. The fraction of sp³-hybridized carbons (Fsp3) is 0.533.